The molecule has 0 spiro atoms. The molecular formula is C31H26N4OS. The fourth-order valence-corrected chi connectivity index (χ4v) is 5.15. The molecule has 1 saturated heterocycles. The molecule has 1 fully saturated rings. The molecule has 5 aromatic rings. The third-order valence-corrected chi connectivity index (χ3v) is 6.90. The van der Waals surface area contributed by atoms with Crippen molar-refractivity contribution < 1.29 is 4.74 Å². The molecule has 0 aliphatic carbocycles. The third-order valence-electron chi connectivity index (χ3n) is 6.59. The lowest BCUT2D eigenvalue weighted by Gasteiger charge is -2.29. The molecule has 2 aromatic heterocycles. The van der Waals surface area contributed by atoms with Crippen molar-refractivity contribution in [3.63, 3.8) is 0 Å². The predicted octanol–water partition coefficient (Wildman–Crippen LogP) is 7.15. The molecular weight excluding hydrogens is 476 g/mol. The quantitative estimate of drug-likeness (QED) is 0.250. The second-order valence-corrected chi connectivity index (χ2v) is 9.43. The number of aryl methyl sites for hydroxylation is 1. The summed E-state index contributed by atoms with van der Waals surface area (Å²) in [6, 6.07) is 36.4. The van der Waals surface area contributed by atoms with Crippen LogP contribution < -0.4 is 15.0 Å². The first-order valence-electron chi connectivity index (χ1n) is 12.3. The molecule has 1 aliphatic rings. The van der Waals surface area contributed by atoms with Crippen LogP contribution in [0.15, 0.2) is 122 Å². The second kappa shape index (κ2) is 9.91. The van der Waals surface area contributed by atoms with E-state index in [0.717, 1.165) is 34.3 Å². The lowest BCUT2D eigenvalue weighted by molar-refractivity contribution is 0.482. The number of anilines is 1. The van der Waals surface area contributed by atoms with Gasteiger partial charge in [0.15, 0.2) is 5.11 Å². The first-order valence-corrected chi connectivity index (χ1v) is 12.7. The first-order chi connectivity index (χ1) is 18.2. The van der Waals surface area contributed by atoms with Gasteiger partial charge < -0.3 is 19.5 Å². The maximum absolute atomic E-state index is 6.02. The minimum absolute atomic E-state index is 0.111. The third kappa shape index (κ3) is 4.59. The molecule has 0 amide bonds. The Kier molecular flexibility index (Phi) is 6.16. The predicted molar refractivity (Wildman–Crippen MR) is 151 cm³/mol. The zero-order valence-corrected chi connectivity index (χ0v) is 21.2. The number of benzene rings is 3. The van der Waals surface area contributed by atoms with E-state index in [4.69, 9.17) is 17.0 Å². The summed E-state index contributed by atoms with van der Waals surface area (Å²) >= 11 is 5.91. The molecule has 3 heterocycles. The van der Waals surface area contributed by atoms with Gasteiger partial charge in [-0.3, -0.25) is 4.98 Å². The summed E-state index contributed by atoms with van der Waals surface area (Å²) in [4.78, 5) is 6.86. The molecule has 6 heteroatoms. The second-order valence-electron chi connectivity index (χ2n) is 9.04. The minimum atomic E-state index is -0.118. The standard InChI is InChI=1S/C31H26N4OS/c1-22-12-14-23(15-13-22)34-21-7-11-28(34)30-29(27-10-5-6-20-32-27)33-31(37)35(30)24-16-18-26(19-17-24)36-25-8-3-2-4-9-25/h2-21,29-30H,1H3,(H,33,37)/t29-,30+/m1/s1. The van der Waals surface area contributed by atoms with E-state index >= 15 is 0 Å². The van der Waals surface area contributed by atoms with Crippen molar-refractivity contribution in [1.29, 1.82) is 0 Å². The number of thiocarbonyl (C=S) groups is 1. The number of nitrogens with one attached hydrogen (secondary N) is 1. The summed E-state index contributed by atoms with van der Waals surface area (Å²) < 4.78 is 8.25. The summed E-state index contributed by atoms with van der Waals surface area (Å²) in [7, 11) is 0. The van der Waals surface area contributed by atoms with Gasteiger partial charge in [0.1, 0.15) is 17.5 Å². The zero-order valence-electron chi connectivity index (χ0n) is 20.4. The van der Waals surface area contributed by atoms with Gasteiger partial charge in [0, 0.05) is 29.5 Å². The van der Waals surface area contributed by atoms with Crippen LogP contribution in [-0.2, 0) is 0 Å². The summed E-state index contributed by atoms with van der Waals surface area (Å²) in [5, 5.41) is 4.21. The van der Waals surface area contributed by atoms with Crippen LogP contribution in [0.25, 0.3) is 5.69 Å². The lowest BCUT2D eigenvalue weighted by atomic mass is 10.0. The average molecular weight is 503 g/mol. The zero-order chi connectivity index (χ0) is 25.2. The van der Waals surface area contributed by atoms with Gasteiger partial charge in [-0.2, -0.15) is 0 Å². The highest BCUT2D eigenvalue weighted by atomic mass is 32.1. The SMILES string of the molecule is Cc1ccc(-n2cccc2[C@H]2[C@@H](c3ccccn3)NC(=S)N2c2ccc(Oc3ccccc3)cc2)cc1. The molecule has 6 rings (SSSR count). The molecule has 1 aliphatic heterocycles. The molecule has 0 unspecified atom stereocenters. The van der Waals surface area contributed by atoms with Gasteiger partial charge >= 0.3 is 0 Å². The Bertz CT molecular complexity index is 1500. The van der Waals surface area contributed by atoms with E-state index in [1.165, 1.54) is 5.56 Å². The monoisotopic (exact) mass is 502 g/mol. The van der Waals surface area contributed by atoms with E-state index in [1.54, 1.807) is 0 Å². The molecule has 5 nitrogen and oxygen atoms in total. The van der Waals surface area contributed by atoms with Crippen molar-refractivity contribution in [3.05, 3.63) is 139 Å². The number of aromatic nitrogens is 2. The van der Waals surface area contributed by atoms with Gasteiger partial charge in [0.05, 0.1) is 11.7 Å². The molecule has 2 atom stereocenters. The fourth-order valence-electron chi connectivity index (χ4n) is 4.81. The van der Waals surface area contributed by atoms with Crippen molar-refractivity contribution in [1.82, 2.24) is 14.9 Å². The van der Waals surface area contributed by atoms with Crippen LogP contribution in [0.5, 0.6) is 11.5 Å². The highest BCUT2D eigenvalue weighted by Gasteiger charge is 2.42. The largest absolute Gasteiger partial charge is 0.457 e. The molecule has 0 bridgehead atoms. The smallest absolute Gasteiger partial charge is 0.174 e. The molecule has 3 aromatic carbocycles. The van der Waals surface area contributed by atoms with E-state index in [0.29, 0.717) is 5.11 Å². The highest BCUT2D eigenvalue weighted by molar-refractivity contribution is 7.80. The molecule has 182 valence electrons. The van der Waals surface area contributed by atoms with E-state index in [-0.39, 0.29) is 12.1 Å². The summed E-state index contributed by atoms with van der Waals surface area (Å²) in [6.07, 6.45) is 3.93. The number of hydrogen-bond donors (Lipinski definition) is 1. The topological polar surface area (TPSA) is 42.3 Å². The molecule has 1 N–H and O–H groups in total. The van der Waals surface area contributed by atoms with Crippen LogP contribution in [0, 0.1) is 6.92 Å². The van der Waals surface area contributed by atoms with Crippen LogP contribution in [0.4, 0.5) is 5.69 Å². The van der Waals surface area contributed by atoms with Gasteiger partial charge in [0.2, 0.25) is 0 Å². The minimum Gasteiger partial charge on any atom is -0.457 e. The van der Waals surface area contributed by atoms with E-state index < -0.39 is 0 Å². The average Bonchev–Trinajstić information content (AvgIpc) is 3.55. The van der Waals surface area contributed by atoms with Crippen LogP contribution in [0.1, 0.15) is 29.0 Å². The summed E-state index contributed by atoms with van der Waals surface area (Å²) in [5.74, 6) is 1.58. The van der Waals surface area contributed by atoms with Crippen molar-refractivity contribution >= 4 is 23.0 Å². The number of ether oxygens (including phenoxy) is 1. The summed E-state index contributed by atoms with van der Waals surface area (Å²) in [6.45, 7) is 2.10. The van der Waals surface area contributed by atoms with Gasteiger partial charge in [-0.25, -0.2) is 0 Å². The lowest BCUT2D eigenvalue weighted by Crippen LogP contribution is -2.30. The Morgan fingerprint density at radius 3 is 2.19 bits per heavy atom. The Hall–Kier alpha value is -4.42. The highest BCUT2D eigenvalue weighted by Crippen LogP contribution is 2.42. The van der Waals surface area contributed by atoms with Crippen molar-refractivity contribution in [2.45, 2.75) is 19.0 Å². The van der Waals surface area contributed by atoms with Gasteiger partial charge in [-0.1, -0.05) is 42.0 Å². The van der Waals surface area contributed by atoms with E-state index in [1.807, 2.05) is 66.9 Å². The number of pyridine rings is 1. The van der Waals surface area contributed by atoms with Gasteiger partial charge in [-0.05, 0) is 91.9 Å². The summed E-state index contributed by atoms with van der Waals surface area (Å²) in [5.41, 5.74) is 5.38. The van der Waals surface area contributed by atoms with Crippen LogP contribution in [0.3, 0.4) is 0 Å². The number of hydrogen-bond acceptors (Lipinski definition) is 3. The molecule has 0 radical (unpaired) electrons. The van der Waals surface area contributed by atoms with E-state index in [2.05, 4.69) is 81.4 Å². The number of nitrogens with zero attached hydrogens (tertiary/aromatic N) is 3. The Morgan fingerprint density at radius 2 is 1.46 bits per heavy atom. The Morgan fingerprint density at radius 1 is 0.757 bits per heavy atom. The van der Waals surface area contributed by atoms with Gasteiger partial charge in [-0.15, -0.1) is 0 Å². The fraction of sp³-hybridized carbons (Fsp3) is 0.0968. The van der Waals surface area contributed by atoms with Crippen molar-refractivity contribution in [2.24, 2.45) is 0 Å². The first kappa shape index (κ1) is 23.0. The van der Waals surface area contributed by atoms with Gasteiger partial charge in [0.25, 0.3) is 0 Å². The molecule has 37 heavy (non-hydrogen) atoms. The van der Waals surface area contributed by atoms with E-state index in [9.17, 15) is 0 Å². The number of rotatable bonds is 6. The maximum Gasteiger partial charge on any atom is 0.174 e. The Balaban J connectivity index is 1.40. The van der Waals surface area contributed by atoms with Crippen molar-refractivity contribution in [2.75, 3.05) is 4.90 Å². The maximum atomic E-state index is 6.02. The van der Waals surface area contributed by atoms with Crippen LogP contribution >= 0.6 is 12.2 Å². The normalized spacial score (nSPS) is 17.0. The van der Waals surface area contributed by atoms with Crippen LogP contribution in [0.2, 0.25) is 0 Å². The molecule has 0 saturated carbocycles. The van der Waals surface area contributed by atoms with Crippen LogP contribution in [-0.4, -0.2) is 14.7 Å². The number of para-hydroxylation sites is 1. The Labute approximate surface area is 222 Å². The van der Waals surface area contributed by atoms with Crippen molar-refractivity contribution in [3.8, 4) is 17.2 Å².